The van der Waals surface area contributed by atoms with Crippen molar-refractivity contribution >= 4 is 17.5 Å². The van der Waals surface area contributed by atoms with E-state index in [-0.39, 0.29) is 11.8 Å². The van der Waals surface area contributed by atoms with Gasteiger partial charge in [-0.1, -0.05) is 24.3 Å². The van der Waals surface area contributed by atoms with Gasteiger partial charge in [0, 0.05) is 31.6 Å². The standard InChI is InChI=1S/C24H30N2O3/c1-29-22-15-11-19(12-16-22)6-2-3-7-23(27)25-18-20-9-13-21(14-10-20)26-17-5-4-8-24(26)28/h9-16H,2-8,17-18H2,1H3,(H,25,27). The van der Waals surface area contributed by atoms with Crippen LogP contribution in [0.3, 0.4) is 0 Å². The zero-order valence-corrected chi connectivity index (χ0v) is 17.2. The van der Waals surface area contributed by atoms with Crippen molar-refractivity contribution in [1.82, 2.24) is 5.32 Å². The van der Waals surface area contributed by atoms with E-state index in [1.54, 1.807) is 7.11 Å². The number of hydrogen-bond acceptors (Lipinski definition) is 3. The largest absolute Gasteiger partial charge is 0.497 e. The van der Waals surface area contributed by atoms with Gasteiger partial charge in [0.15, 0.2) is 0 Å². The SMILES string of the molecule is COc1ccc(CCCCC(=O)NCc2ccc(N3CCCCC3=O)cc2)cc1. The third-order valence-electron chi connectivity index (χ3n) is 5.34. The lowest BCUT2D eigenvalue weighted by Crippen LogP contribution is -2.35. The average molecular weight is 395 g/mol. The third kappa shape index (κ3) is 6.34. The van der Waals surface area contributed by atoms with E-state index in [1.165, 1.54) is 5.56 Å². The number of amides is 2. The van der Waals surface area contributed by atoms with Crippen LogP contribution in [0.2, 0.25) is 0 Å². The first-order valence-electron chi connectivity index (χ1n) is 10.4. The Kier molecular flexibility index (Phi) is 7.68. The summed E-state index contributed by atoms with van der Waals surface area (Å²) in [4.78, 5) is 25.9. The number of aryl methyl sites for hydroxylation is 1. The molecule has 0 radical (unpaired) electrons. The van der Waals surface area contributed by atoms with Crippen molar-refractivity contribution in [3.63, 3.8) is 0 Å². The van der Waals surface area contributed by atoms with Crippen molar-refractivity contribution in [2.75, 3.05) is 18.6 Å². The predicted molar refractivity (Wildman–Crippen MR) is 115 cm³/mol. The summed E-state index contributed by atoms with van der Waals surface area (Å²) < 4.78 is 5.16. The summed E-state index contributed by atoms with van der Waals surface area (Å²) in [6.07, 6.45) is 6.04. The van der Waals surface area contributed by atoms with Crippen LogP contribution in [-0.2, 0) is 22.6 Å². The number of piperidine rings is 1. The smallest absolute Gasteiger partial charge is 0.226 e. The van der Waals surface area contributed by atoms with Crippen molar-refractivity contribution in [3.8, 4) is 5.75 Å². The third-order valence-corrected chi connectivity index (χ3v) is 5.34. The molecule has 5 nitrogen and oxygen atoms in total. The summed E-state index contributed by atoms with van der Waals surface area (Å²) in [6, 6.07) is 16.0. The lowest BCUT2D eigenvalue weighted by Gasteiger charge is -2.26. The first-order chi connectivity index (χ1) is 14.2. The molecule has 1 heterocycles. The molecule has 0 bridgehead atoms. The summed E-state index contributed by atoms with van der Waals surface area (Å²) in [5, 5.41) is 2.98. The number of carbonyl (C=O) groups is 2. The Morgan fingerprint density at radius 1 is 1.00 bits per heavy atom. The summed E-state index contributed by atoms with van der Waals surface area (Å²) in [5.74, 6) is 1.14. The molecule has 1 aliphatic rings. The fraction of sp³-hybridized carbons (Fsp3) is 0.417. The van der Waals surface area contributed by atoms with Gasteiger partial charge >= 0.3 is 0 Å². The van der Waals surface area contributed by atoms with Crippen LogP contribution >= 0.6 is 0 Å². The predicted octanol–water partition coefficient (Wildman–Crippen LogP) is 4.24. The van der Waals surface area contributed by atoms with Gasteiger partial charge in [0.25, 0.3) is 0 Å². The van der Waals surface area contributed by atoms with E-state index in [0.717, 1.165) is 55.6 Å². The molecule has 2 aromatic rings. The fourth-order valence-corrected chi connectivity index (χ4v) is 3.57. The Hall–Kier alpha value is -2.82. The van der Waals surface area contributed by atoms with Crippen molar-refractivity contribution in [3.05, 3.63) is 59.7 Å². The van der Waals surface area contributed by atoms with Crippen LogP contribution in [0.25, 0.3) is 0 Å². The average Bonchev–Trinajstić information content (AvgIpc) is 2.76. The number of ether oxygens (including phenoxy) is 1. The lowest BCUT2D eigenvalue weighted by atomic mass is 10.1. The first kappa shape index (κ1) is 20.9. The molecule has 154 valence electrons. The van der Waals surface area contributed by atoms with Crippen LogP contribution in [0.5, 0.6) is 5.75 Å². The maximum absolute atomic E-state index is 12.1. The number of benzene rings is 2. The monoisotopic (exact) mass is 394 g/mol. The molecule has 0 spiro atoms. The lowest BCUT2D eigenvalue weighted by molar-refractivity contribution is -0.121. The number of carbonyl (C=O) groups excluding carboxylic acids is 2. The van der Waals surface area contributed by atoms with Gasteiger partial charge in [0.1, 0.15) is 5.75 Å². The Morgan fingerprint density at radius 2 is 1.72 bits per heavy atom. The molecule has 0 aliphatic carbocycles. The zero-order valence-electron chi connectivity index (χ0n) is 17.2. The minimum absolute atomic E-state index is 0.0787. The van der Waals surface area contributed by atoms with Crippen LogP contribution < -0.4 is 15.0 Å². The molecule has 1 N–H and O–H groups in total. The zero-order chi connectivity index (χ0) is 20.5. The van der Waals surface area contributed by atoms with E-state index in [4.69, 9.17) is 4.74 Å². The second-order valence-corrected chi connectivity index (χ2v) is 7.50. The normalized spacial score (nSPS) is 14.0. The molecule has 3 rings (SSSR count). The topological polar surface area (TPSA) is 58.6 Å². The van der Waals surface area contributed by atoms with Gasteiger partial charge in [-0.05, 0) is 67.5 Å². The highest BCUT2D eigenvalue weighted by Gasteiger charge is 2.19. The van der Waals surface area contributed by atoms with Crippen LogP contribution in [0.4, 0.5) is 5.69 Å². The maximum atomic E-state index is 12.1. The Labute approximate surface area is 173 Å². The van der Waals surface area contributed by atoms with Crippen LogP contribution in [-0.4, -0.2) is 25.5 Å². The minimum Gasteiger partial charge on any atom is -0.497 e. The molecule has 29 heavy (non-hydrogen) atoms. The Balaban J connectivity index is 1.35. The number of anilines is 1. The van der Waals surface area contributed by atoms with Crippen molar-refractivity contribution in [2.24, 2.45) is 0 Å². The molecule has 2 amide bonds. The molecule has 0 aromatic heterocycles. The summed E-state index contributed by atoms with van der Waals surface area (Å²) in [6.45, 7) is 1.32. The second kappa shape index (κ2) is 10.6. The van der Waals surface area contributed by atoms with E-state index < -0.39 is 0 Å². The molecule has 2 aromatic carbocycles. The molecule has 1 aliphatic heterocycles. The molecule has 0 unspecified atom stereocenters. The highest BCUT2D eigenvalue weighted by molar-refractivity contribution is 5.93. The van der Waals surface area contributed by atoms with E-state index in [0.29, 0.717) is 19.4 Å². The number of unbranched alkanes of at least 4 members (excludes halogenated alkanes) is 1. The minimum atomic E-state index is 0.0787. The first-order valence-corrected chi connectivity index (χ1v) is 10.4. The van der Waals surface area contributed by atoms with Crippen molar-refractivity contribution < 1.29 is 14.3 Å². The van der Waals surface area contributed by atoms with Gasteiger partial charge in [0.2, 0.25) is 11.8 Å². The number of nitrogens with zero attached hydrogens (tertiary/aromatic N) is 1. The number of methoxy groups -OCH3 is 1. The van der Waals surface area contributed by atoms with Gasteiger partial charge in [-0.2, -0.15) is 0 Å². The van der Waals surface area contributed by atoms with Gasteiger partial charge in [-0.3, -0.25) is 9.59 Å². The van der Waals surface area contributed by atoms with Crippen LogP contribution in [0, 0.1) is 0 Å². The van der Waals surface area contributed by atoms with E-state index in [1.807, 2.05) is 41.3 Å². The maximum Gasteiger partial charge on any atom is 0.226 e. The van der Waals surface area contributed by atoms with Crippen LogP contribution in [0.15, 0.2) is 48.5 Å². The molecule has 0 saturated carbocycles. The Bertz CT molecular complexity index is 800. The summed E-state index contributed by atoms with van der Waals surface area (Å²) >= 11 is 0. The van der Waals surface area contributed by atoms with E-state index >= 15 is 0 Å². The van der Waals surface area contributed by atoms with Gasteiger partial charge in [0.05, 0.1) is 7.11 Å². The summed E-state index contributed by atoms with van der Waals surface area (Å²) in [5.41, 5.74) is 3.26. The van der Waals surface area contributed by atoms with Crippen molar-refractivity contribution in [1.29, 1.82) is 0 Å². The van der Waals surface area contributed by atoms with E-state index in [2.05, 4.69) is 17.4 Å². The molecule has 0 atom stereocenters. The Morgan fingerprint density at radius 3 is 2.41 bits per heavy atom. The number of nitrogens with one attached hydrogen (secondary N) is 1. The highest BCUT2D eigenvalue weighted by Crippen LogP contribution is 2.21. The summed E-state index contributed by atoms with van der Waals surface area (Å²) in [7, 11) is 1.66. The fourth-order valence-electron chi connectivity index (χ4n) is 3.57. The highest BCUT2D eigenvalue weighted by atomic mass is 16.5. The molecule has 1 saturated heterocycles. The molecular formula is C24H30N2O3. The van der Waals surface area contributed by atoms with Gasteiger partial charge in [-0.15, -0.1) is 0 Å². The van der Waals surface area contributed by atoms with Crippen LogP contribution in [0.1, 0.15) is 49.7 Å². The molecule has 5 heteroatoms. The number of hydrogen-bond donors (Lipinski definition) is 1. The quantitative estimate of drug-likeness (QED) is 0.647. The second-order valence-electron chi connectivity index (χ2n) is 7.50. The molecule has 1 fully saturated rings. The molecular weight excluding hydrogens is 364 g/mol. The van der Waals surface area contributed by atoms with E-state index in [9.17, 15) is 9.59 Å². The van der Waals surface area contributed by atoms with Gasteiger partial charge < -0.3 is 15.0 Å². The number of rotatable bonds is 9. The van der Waals surface area contributed by atoms with Gasteiger partial charge in [-0.25, -0.2) is 0 Å². The van der Waals surface area contributed by atoms with Crippen molar-refractivity contribution in [2.45, 2.75) is 51.5 Å².